The van der Waals surface area contributed by atoms with Crippen LogP contribution in [0.4, 0.5) is 4.79 Å². The molecule has 6 nitrogen and oxygen atoms in total. The highest BCUT2D eigenvalue weighted by Crippen LogP contribution is 2.24. The number of hydrogen-bond donors (Lipinski definition) is 2. The van der Waals surface area contributed by atoms with Crippen molar-refractivity contribution in [1.82, 2.24) is 14.9 Å². The lowest BCUT2D eigenvalue weighted by Crippen LogP contribution is -2.33. The highest BCUT2D eigenvalue weighted by atomic mass is 16.7. The topological polar surface area (TPSA) is 66.7 Å². The average Bonchev–Trinajstić information content (AvgIpc) is 2.93. The van der Waals surface area contributed by atoms with Crippen LogP contribution >= 0.6 is 0 Å². The van der Waals surface area contributed by atoms with Gasteiger partial charge in [-0.3, -0.25) is 4.57 Å². The van der Waals surface area contributed by atoms with Gasteiger partial charge >= 0.3 is 6.09 Å². The van der Waals surface area contributed by atoms with Crippen LogP contribution in [0.15, 0.2) is 54.4 Å². The molecule has 2 aromatic rings. The van der Waals surface area contributed by atoms with Crippen LogP contribution in [0, 0.1) is 0 Å². The van der Waals surface area contributed by atoms with E-state index in [2.05, 4.69) is 5.32 Å². The number of hydroxylamine groups is 2. The maximum absolute atomic E-state index is 11.1. The first-order valence-electron chi connectivity index (χ1n) is 6.99. The first kappa shape index (κ1) is 14.2. The van der Waals surface area contributed by atoms with Gasteiger partial charge in [-0.05, 0) is 37.4 Å². The van der Waals surface area contributed by atoms with Gasteiger partial charge in [0.1, 0.15) is 0 Å². The summed E-state index contributed by atoms with van der Waals surface area (Å²) in [5.41, 5.74) is 1.68. The van der Waals surface area contributed by atoms with Crippen LogP contribution in [0.25, 0.3) is 10.9 Å². The first-order chi connectivity index (χ1) is 10.7. The largest absolute Gasteiger partial charge is 0.464 e. The Morgan fingerprint density at radius 3 is 3.05 bits per heavy atom. The van der Waals surface area contributed by atoms with Crippen LogP contribution in [0.5, 0.6) is 5.75 Å². The number of rotatable bonds is 4. The molecule has 0 saturated heterocycles. The molecule has 6 heteroatoms. The van der Waals surface area contributed by atoms with Gasteiger partial charge in [-0.1, -0.05) is 12.2 Å². The summed E-state index contributed by atoms with van der Waals surface area (Å²) < 4.78 is 1.19. The van der Waals surface area contributed by atoms with Crippen LogP contribution in [-0.2, 0) is 0 Å². The molecule has 0 spiro atoms. The highest BCUT2D eigenvalue weighted by molar-refractivity contribution is 5.89. The van der Waals surface area contributed by atoms with E-state index >= 15 is 0 Å². The number of hydrogen-bond acceptors (Lipinski definition) is 4. The van der Waals surface area contributed by atoms with E-state index < -0.39 is 6.09 Å². The Labute approximate surface area is 127 Å². The Bertz CT molecular complexity index is 761. The summed E-state index contributed by atoms with van der Waals surface area (Å²) in [5.74, 6) is 0.674. The van der Waals surface area contributed by atoms with Gasteiger partial charge in [-0.2, -0.15) is 0 Å². The molecule has 1 aromatic carbocycles. The number of nitrogens with one attached hydrogen (secondary N) is 1. The Balaban J connectivity index is 1.84. The summed E-state index contributed by atoms with van der Waals surface area (Å²) in [5, 5.41) is 14.8. The molecule has 3 rings (SSSR count). The maximum atomic E-state index is 11.1. The molecule has 0 bridgehead atoms. The van der Waals surface area contributed by atoms with Gasteiger partial charge in [-0.15, -0.1) is 0 Å². The lowest BCUT2D eigenvalue weighted by atomic mass is 10.2. The molecule has 1 aliphatic rings. The third kappa shape index (κ3) is 2.68. The minimum absolute atomic E-state index is 0.643. The standard InChI is InChI=1S/C16H17N3O3/c1-17-11-13-4-2-3-8-19(13)22-14-5-6-15-12(10-14)7-9-18(15)16(20)21/h2-7,9-10,17H,8,11H2,1H3,(H,20,21). The third-order valence-corrected chi connectivity index (χ3v) is 3.46. The minimum Gasteiger partial charge on any atom is -0.464 e. The van der Waals surface area contributed by atoms with Crippen molar-refractivity contribution in [1.29, 1.82) is 0 Å². The van der Waals surface area contributed by atoms with Crippen molar-refractivity contribution in [3.8, 4) is 5.75 Å². The summed E-state index contributed by atoms with van der Waals surface area (Å²) in [4.78, 5) is 17.0. The number of carboxylic acid groups (broad SMARTS) is 1. The summed E-state index contributed by atoms with van der Waals surface area (Å²) in [6, 6.07) is 7.12. The van der Waals surface area contributed by atoms with Gasteiger partial charge in [0.2, 0.25) is 0 Å². The van der Waals surface area contributed by atoms with Crippen molar-refractivity contribution in [3.05, 3.63) is 54.4 Å². The van der Waals surface area contributed by atoms with Crippen LogP contribution in [0.2, 0.25) is 0 Å². The monoisotopic (exact) mass is 299 g/mol. The van der Waals surface area contributed by atoms with Crippen LogP contribution in [0.3, 0.4) is 0 Å². The fraction of sp³-hybridized carbons (Fsp3) is 0.188. The number of likely N-dealkylation sites (N-methyl/N-ethyl adjacent to an activating group) is 1. The number of benzene rings is 1. The van der Waals surface area contributed by atoms with Gasteiger partial charge in [0.25, 0.3) is 0 Å². The molecule has 0 unspecified atom stereocenters. The highest BCUT2D eigenvalue weighted by Gasteiger charge is 2.13. The van der Waals surface area contributed by atoms with Crippen molar-refractivity contribution >= 4 is 17.0 Å². The molecule has 22 heavy (non-hydrogen) atoms. The first-order valence-corrected chi connectivity index (χ1v) is 6.99. The lowest BCUT2D eigenvalue weighted by molar-refractivity contribution is -0.0137. The Hall–Kier alpha value is -2.73. The fourth-order valence-corrected chi connectivity index (χ4v) is 2.43. The quantitative estimate of drug-likeness (QED) is 0.907. The van der Waals surface area contributed by atoms with Crippen molar-refractivity contribution in [2.45, 2.75) is 0 Å². The Morgan fingerprint density at radius 1 is 1.41 bits per heavy atom. The van der Waals surface area contributed by atoms with E-state index in [1.807, 2.05) is 36.4 Å². The molecule has 1 aromatic heterocycles. The van der Waals surface area contributed by atoms with E-state index in [9.17, 15) is 4.79 Å². The van der Waals surface area contributed by atoms with Gasteiger partial charge in [0.15, 0.2) is 5.75 Å². The number of fused-ring (bicyclic) bond motifs is 1. The molecule has 0 fully saturated rings. The zero-order valence-electron chi connectivity index (χ0n) is 12.2. The smallest absolute Gasteiger partial charge is 0.415 e. The van der Waals surface area contributed by atoms with Gasteiger partial charge in [0.05, 0.1) is 17.8 Å². The summed E-state index contributed by atoms with van der Waals surface area (Å²) in [7, 11) is 1.89. The molecule has 1 aliphatic heterocycles. The van der Waals surface area contributed by atoms with E-state index in [0.29, 0.717) is 24.4 Å². The van der Waals surface area contributed by atoms with Crippen LogP contribution in [0.1, 0.15) is 0 Å². The summed E-state index contributed by atoms with van der Waals surface area (Å²) >= 11 is 0. The molecule has 2 heterocycles. The number of carbonyl (C=O) groups is 1. The van der Waals surface area contributed by atoms with Crippen molar-refractivity contribution < 1.29 is 14.7 Å². The molecule has 2 N–H and O–H groups in total. The predicted molar refractivity (Wildman–Crippen MR) is 83.8 cm³/mol. The molecule has 0 radical (unpaired) electrons. The summed E-state index contributed by atoms with van der Waals surface area (Å²) in [6.45, 7) is 1.38. The number of allylic oxidation sites excluding steroid dienone is 2. The zero-order valence-corrected chi connectivity index (χ0v) is 12.2. The molecule has 0 amide bonds. The van der Waals surface area contributed by atoms with Gasteiger partial charge in [-0.25, -0.2) is 9.86 Å². The lowest BCUT2D eigenvalue weighted by Gasteiger charge is -2.27. The second-order valence-electron chi connectivity index (χ2n) is 4.96. The van der Waals surface area contributed by atoms with Crippen molar-refractivity contribution in [3.63, 3.8) is 0 Å². The maximum Gasteiger partial charge on any atom is 0.415 e. The Morgan fingerprint density at radius 2 is 2.27 bits per heavy atom. The molecule has 0 aliphatic carbocycles. The molecular formula is C16H17N3O3. The van der Waals surface area contributed by atoms with Crippen LogP contribution in [-0.4, -0.2) is 41.0 Å². The van der Waals surface area contributed by atoms with Gasteiger partial charge in [0, 0.05) is 18.1 Å². The van der Waals surface area contributed by atoms with E-state index in [-0.39, 0.29) is 0 Å². The molecule has 0 atom stereocenters. The zero-order chi connectivity index (χ0) is 15.5. The van der Waals surface area contributed by atoms with Crippen molar-refractivity contribution in [2.24, 2.45) is 0 Å². The summed E-state index contributed by atoms with van der Waals surface area (Å²) in [6.07, 6.45) is 6.55. The third-order valence-electron chi connectivity index (χ3n) is 3.46. The van der Waals surface area contributed by atoms with Crippen molar-refractivity contribution in [2.75, 3.05) is 20.1 Å². The second-order valence-corrected chi connectivity index (χ2v) is 4.96. The molecular weight excluding hydrogens is 282 g/mol. The number of nitrogens with zero attached hydrogens (tertiary/aromatic N) is 2. The molecule has 114 valence electrons. The average molecular weight is 299 g/mol. The van der Waals surface area contributed by atoms with E-state index in [4.69, 9.17) is 9.94 Å². The van der Waals surface area contributed by atoms with E-state index in [1.54, 1.807) is 18.2 Å². The fourth-order valence-electron chi connectivity index (χ4n) is 2.43. The van der Waals surface area contributed by atoms with E-state index in [1.165, 1.54) is 10.8 Å². The predicted octanol–water partition coefficient (Wildman–Crippen LogP) is 2.44. The normalized spacial score (nSPS) is 14.2. The SMILES string of the molecule is CNCC1=CC=CCN1Oc1ccc2c(ccn2C(=O)O)c1. The van der Waals surface area contributed by atoms with Crippen LogP contribution < -0.4 is 10.2 Å². The van der Waals surface area contributed by atoms with E-state index in [0.717, 1.165) is 11.1 Å². The molecule has 0 saturated carbocycles. The minimum atomic E-state index is -0.996. The number of aromatic nitrogens is 1. The Kier molecular flexibility index (Phi) is 3.84. The second kappa shape index (κ2) is 5.95. The van der Waals surface area contributed by atoms with Gasteiger partial charge < -0.3 is 15.3 Å².